The van der Waals surface area contributed by atoms with Crippen molar-refractivity contribution in [2.75, 3.05) is 7.11 Å². The lowest BCUT2D eigenvalue weighted by atomic mass is 10.1. The van der Waals surface area contributed by atoms with Crippen molar-refractivity contribution in [1.29, 1.82) is 0 Å². The van der Waals surface area contributed by atoms with E-state index in [0.717, 1.165) is 25.4 Å². The molecule has 0 aliphatic carbocycles. The number of ether oxygens (including phenoxy) is 1. The van der Waals surface area contributed by atoms with Gasteiger partial charge in [-0.1, -0.05) is 29.8 Å². The maximum Gasteiger partial charge on any atom is 0.282 e. The first-order valence-electron chi connectivity index (χ1n) is 8.65. The second-order valence-electron chi connectivity index (χ2n) is 6.32. The van der Waals surface area contributed by atoms with Crippen molar-refractivity contribution in [3.05, 3.63) is 65.5 Å². The second-order valence-corrected chi connectivity index (χ2v) is 8.94. The van der Waals surface area contributed by atoms with Crippen LogP contribution in [0.1, 0.15) is 37.6 Å². The van der Waals surface area contributed by atoms with E-state index in [1.807, 2.05) is 31.2 Å². The lowest BCUT2D eigenvalue weighted by molar-refractivity contribution is 0.409. The maximum absolute atomic E-state index is 13.1. The first-order valence-corrected chi connectivity index (χ1v) is 11.0. The molecule has 5 nitrogen and oxygen atoms in total. The summed E-state index contributed by atoms with van der Waals surface area (Å²) in [6, 6.07) is 9.27. The molecule has 28 heavy (non-hydrogen) atoms. The van der Waals surface area contributed by atoms with E-state index in [1.54, 1.807) is 19.4 Å². The minimum atomic E-state index is -0.190. The minimum absolute atomic E-state index is 0.0900. The fourth-order valence-electron chi connectivity index (χ4n) is 2.75. The summed E-state index contributed by atoms with van der Waals surface area (Å²) in [4.78, 5) is 17.8. The first-order chi connectivity index (χ1) is 13.3. The predicted octanol–water partition coefficient (Wildman–Crippen LogP) is 6.09. The van der Waals surface area contributed by atoms with Gasteiger partial charge in [0.15, 0.2) is 0 Å². The Hall–Kier alpha value is -1.51. The third kappa shape index (κ3) is 4.23. The Balaban J connectivity index is 2.17. The summed E-state index contributed by atoms with van der Waals surface area (Å²) in [7, 11) is 1.61. The fourth-order valence-corrected chi connectivity index (χ4v) is 4.66. The summed E-state index contributed by atoms with van der Waals surface area (Å²) < 4.78 is 9.14. The zero-order valence-electron chi connectivity index (χ0n) is 15.5. The van der Waals surface area contributed by atoms with Crippen molar-refractivity contribution in [2.45, 2.75) is 26.2 Å². The molecule has 0 aliphatic heterocycles. The van der Waals surface area contributed by atoms with Crippen molar-refractivity contribution >= 4 is 64.9 Å². The van der Waals surface area contributed by atoms with E-state index in [9.17, 15) is 4.79 Å². The number of fused-ring (bicyclic) bond motifs is 1. The van der Waals surface area contributed by atoms with Crippen LogP contribution in [0.2, 0.25) is 0 Å². The quantitative estimate of drug-likeness (QED) is 0.348. The van der Waals surface area contributed by atoms with Gasteiger partial charge in [-0.25, -0.2) is 4.98 Å². The number of nitrogens with zero attached hydrogens (tertiary/aromatic N) is 3. The second kappa shape index (κ2) is 8.88. The number of aromatic nitrogens is 2. The van der Waals surface area contributed by atoms with Gasteiger partial charge in [-0.3, -0.25) is 4.79 Å². The molecule has 3 aromatic rings. The number of rotatable bonds is 5. The third-order valence-corrected chi connectivity index (χ3v) is 6.10. The largest absolute Gasteiger partial charge is 0.494 e. The van der Waals surface area contributed by atoms with Crippen molar-refractivity contribution in [3.63, 3.8) is 0 Å². The third-order valence-electron chi connectivity index (χ3n) is 4.43. The van der Waals surface area contributed by atoms with Gasteiger partial charge in [0.25, 0.3) is 5.56 Å². The minimum Gasteiger partial charge on any atom is -0.494 e. The summed E-state index contributed by atoms with van der Waals surface area (Å²) in [5, 5.41) is 5.01. The van der Waals surface area contributed by atoms with E-state index >= 15 is 0 Å². The van der Waals surface area contributed by atoms with Crippen LogP contribution in [0.5, 0.6) is 5.75 Å². The van der Waals surface area contributed by atoms with Crippen LogP contribution < -0.4 is 10.3 Å². The van der Waals surface area contributed by atoms with Crippen LogP contribution >= 0.6 is 47.8 Å². The molecule has 0 fully saturated rings. The van der Waals surface area contributed by atoms with E-state index < -0.39 is 0 Å². The standard InChI is InChI=1S/C20H18Br3N3O2/c1-4-11(2)19-25-17-6-5-13(21)9-14(17)20(27)26(19)24-10-12-7-15(22)18(28-3)16(23)8-12/h5-11H,4H2,1-3H3/t11-/m1/s1. The molecule has 1 atom stereocenters. The van der Waals surface area contributed by atoms with E-state index in [1.165, 1.54) is 4.68 Å². The number of hydrogen-bond donors (Lipinski definition) is 0. The number of halogens is 3. The van der Waals surface area contributed by atoms with Crippen molar-refractivity contribution in [2.24, 2.45) is 5.10 Å². The molecule has 8 heteroatoms. The first kappa shape index (κ1) is 21.2. The highest BCUT2D eigenvalue weighted by Crippen LogP contribution is 2.34. The highest BCUT2D eigenvalue weighted by Gasteiger charge is 2.15. The molecule has 0 saturated carbocycles. The molecule has 0 radical (unpaired) electrons. The van der Waals surface area contributed by atoms with E-state index in [-0.39, 0.29) is 11.5 Å². The highest BCUT2D eigenvalue weighted by atomic mass is 79.9. The van der Waals surface area contributed by atoms with Gasteiger partial charge in [0.05, 0.1) is 33.2 Å². The summed E-state index contributed by atoms with van der Waals surface area (Å²) >= 11 is 10.4. The van der Waals surface area contributed by atoms with Gasteiger partial charge >= 0.3 is 0 Å². The van der Waals surface area contributed by atoms with Crippen LogP contribution in [0.3, 0.4) is 0 Å². The molecule has 2 aromatic carbocycles. The van der Waals surface area contributed by atoms with Gasteiger partial charge in [0.1, 0.15) is 11.6 Å². The number of hydrogen-bond acceptors (Lipinski definition) is 4. The Morgan fingerprint density at radius 1 is 1.21 bits per heavy atom. The van der Waals surface area contributed by atoms with Gasteiger partial charge in [-0.15, -0.1) is 0 Å². The molecule has 0 N–H and O–H groups in total. The molecular formula is C20H18Br3N3O2. The lowest BCUT2D eigenvalue weighted by Gasteiger charge is -2.14. The summed E-state index contributed by atoms with van der Waals surface area (Å²) in [6.45, 7) is 4.10. The van der Waals surface area contributed by atoms with Crippen LogP contribution in [0.25, 0.3) is 10.9 Å². The summed E-state index contributed by atoms with van der Waals surface area (Å²) in [5.74, 6) is 1.43. The monoisotopic (exact) mass is 569 g/mol. The molecule has 0 aliphatic rings. The van der Waals surface area contributed by atoms with Gasteiger partial charge in [-0.2, -0.15) is 9.78 Å². The molecule has 0 amide bonds. The zero-order chi connectivity index (χ0) is 20.4. The van der Waals surface area contributed by atoms with Crippen molar-refractivity contribution < 1.29 is 4.74 Å². The summed E-state index contributed by atoms with van der Waals surface area (Å²) in [6.07, 6.45) is 2.50. The average Bonchev–Trinajstić information content (AvgIpc) is 2.66. The fraction of sp³-hybridized carbons (Fsp3) is 0.250. The van der Waals surface area contributed by atoms with E-state index in [2.05, 4.69) is 59.8 Å². The molecule has 0 unspecified atom stereocenters. The molecule has 146 valence electrons. The summed E-state index contributed by atoms with van der Waals surface area (Å²) in [5.41, 5.74) is 1.30. The van der Waals surface area contributed by atoms with Gasteiger partial charge in [0, 0.05) is 10.4 Å². The highest BCUT2D eigenvalue weighted by molar-refractivity contribution is 9.11. The molecule has 3 rings (SSSR count). The molecule has 0 saturated heterocycles. The molecule has 1 heterocycles. The van der Waals surface area contributed by atoms with Gasteiger partial charge in [-0.05, 0) is 74.2 Å². The average molecular weight is 572 g/mol. The number of methoxy groups -OCH3 is 1. The lowest BCUT2D eigenvalue weighted by Crippen LogP contribution is -2.23. The predicted molar refractivity (Wildman–Crippen MR) is 124 cm³/mol. The van der Waals surface area contributed by atoms with Gasteiger partial charge in [0.2, 0.25) is 0 Å². The van der Waals surface area contributed by atoms with Crippen LogP contribution in [0.4, 0.5) is 0 Å². The van der Waals surface area contributed by atoms with E-state index in [0.29, 0.717) is 22.5 Å². The van der Waals surface area contributed by atoms with Crippen LogP contribution in [0.15, 0.2) is 53.6 Å². The Bertz CT molecular complexity index is 1100. The Morgan fingerprint density at radius 2 is 1.89 bits per heavy atom. The SMILES string of the molecule is CC[C@@H](C)c1nc2ccc(Br)cc2c(=O)n1N=Cc1cc(Br)c(OC)c(Br)c1. The Labute approximate surface area is 188 Å². The smallest absolute Gasteiger partial charge is 0.282 e. The Morgan fingerprint density at radius 3 is 2.50 bits per heavy atom. The van der Waals surface area contributed by atoms with Crippen molar-refractivity contribution in [1.82, 2.24) is 9.66 Å². The van der Waals surface area contributed by atoms with Crippen LogP contribution in [-0.2, 0) is 0 Å². The number of benzene rings is 2. The maximum atomic E-state index is 13.1. The van der Waals surface area contributed by atoms with E-state index in [4.69, 9.17) is 9.72 Å². The Kier molecular flexibility index (Phi) is 6.73. The molecule has 0 bridgehead atoms. The normalized spacial score (nSPS) is 12.6. The topological polar surface area (TPSA) is 56.5 Å². The molecule has 1 aromatic heterocycles. The van der Waals surface area contributed by atoms with Crippen LogP contribution in [-0.4, -0.2) is 23.0 Å². The molecular weight excluding hydrogens is 554 g/mol. The van der Waals surface area contributed by atoms with Crippen molar-refractivity contribution in [3.8, 4) is 5.75 Å². The van der Waals surface area contributed by atoms with Crippen LogP contribution in [0, 0.1) is 0 Å². The van der Waals surface area contributed by atoms with Gasteiger partial charge < -0.3 is 4.74 Å². The molecule has 0 spiro atoms. The zero-order valence-corrected chi connectivity index (χ0v) is 20.3.